The van der Waals surface area contributed by atoms with Crippen LogP contribution >= 0.6 is 0 Å². The van der Waals surface area contributed by atoms with Crippen molar-refractivity contribution >= 4 is 30.1 Å². The predicted octanol–water partition coefficient (Wildman–Crippen LogP) is 7.02. The number of imidazole rings is 2. The van der Waals surface area contributed by atoms with E-state index in [4.69, 9.17) is 4.74 Å². The van der Waals surface area contributed by atoms with Crippen LogP contribution in [0.25, 0.3) is 0 Å². The van der Waals surface area contributed by atoms with Crippen molar-refractivity contribution in [1.29, 1.82) is 0 Å². The first-order valence-corrected chi connectivity index (χ1v) is 23.4. The lowest BCUT2D eigenvalue weighted by atomic mass is 9.85. The fraction of sp³-hybridized carbons (Fsp3) is 0.744. The number of alkyl halides is 12. The smallest absolute Gasteiger partial charge is 0.434 e. The van der Waals surface area contributed by atoms with E-state index in [1.165, 1.54) is 4.90 Å². The lowest BCUT2D eigenvalue weighted by molar-refractivity contribution is -0.309. The normalized spacial score (nSPS) is 20.3. The number of hydrogen-bond acceptors (Lipinski definition) is 11. The number of halogens is 12. The van der Waals surface area contributed by atoms with E-state index in [1.54, 1.807) is 47.5 Å². The van der Waals surface area contributed by atoms with Gasteiger partial charge in [0.2, 0.25) is 0 Å². The van der Waals surface area contributed by atoms with Crippen LogP contribution in [0.1, 0.15) is 105 Å². The zero-order valence-electron chi connectivity index (χ0n) is 39.8. The van der Waals surface area contributed by atoms with Gasteiger partial charge in [-0.05, 0) is 72.1 Å². The molecule has 8 heterocycles. The highest BCUT2D eigenvalue weighted by molar-refractivity contribution is 5.93. The Hall–Kier alpha value is -5.71. The molecule has 0 radical (unpaired) electrons. The maximum atomic E-state index is 13.5. The quantitative estimate of drug-likeness (QED) is 0.246. The molecule has 4 fully saturated rings. The number of fused-ring (bicyclic) bond motifs is 2. The fourth-order valence-corrected chi connectivity index (χ4v) is 10.2. The van der Waals surface area contributed by atoms with E-state index in [-0.39, 0.29) is 75.9 Å². The lowest BCUT2D eigenvalue weighted by Crippen LogP contribution is -2.56. The number of nitrogens with zero attached hydrogens (tertiary/aromatic N) is 9. The minimum absolute atomic E-state index is 0.116. The van der Waals surface area contributed by atoms with Gasteiger partial charge in [-0.1, -0.05) is 0 Å². The molecule has 6 aliphatic rings. The molecule has 0 aromatic carbocycles. The molecule has 408 valence electrons. The molecule has 2 spiro atoms. The van der Waals surface area contributed by atoms with Crippen molar-refractivity contribution in [3.8, 4) is 0 Å². The molecule has 0 aliphatic carbocycles. The predicted molar refractivity (Wildman–Crippen MR) is 225 cm³/mol. The molecule has 0 unspecified atom stereocenters. The van der Waals surface area contributed by atoms with Gasteiger partial charge < -0.3 is 48.3 Å². The molecule has 30 heteroatoms. The molecule has 5 amide bonds. The van der Waals surface area contributed by atoms with Crippen molar-refractivity contribution in [2.24, 2.45) is 0 Å². The molecule has 0 atom stereocenters. The Morgan fingerprint density at radius 2 is 0.945 bits per heavy atom. The van der Waals surface area contributed by atoms with Crippen LogP contribution in [0.3, 0.4) is 0 Å². The molecule has 2 aromatic rings. The van der Waals surface area contributed by atoms with Crippen molar-refractivity contribution in [3.05, 3.63) is 35.4 Å². The molecule has 1 N–H and O–H groups in total. The number of piperidine rings is 2. The Bertz CT molecular complexity index is 2310. The van der Waals surface area contributed by atoms with Gasteiger partial charge in [0.15, 0.2) is 0 Å². The molecule has 6 aliphatic heterocycles. The summed E-state index contributed by atoms with van der Waals surface area (Å²) in [5.41, 5.74) is -1.53. The van der Waals surface area contributed by atoms with E-state index in [1.807, 2.05) is 4.57 Å². The first-order chi connectivity index (χ1) is 33.8. The van der Waals surface area contributed by atoms with E-state index in [9.17, 15) is 76.7 Å². The van der Waals surface area contributed by atoms with Crippen molar-refractivity contribution < 1.29 is 90.9 Å². The van der Waals surface area contributed by atoms with E-state index in [2.05, 4.69) is 24.8 Å². The van der Waals surface area contributed by atoms with E-state index in [0.29, 0.717) is 76.5 Å². The van der Waals surface area contributed by atoms with E-state index < -0.39 is 71.9 Å². The Balaban J connectivity index is 0.000000218. The number of aromatic nitrogens is 4. The van der Waals surface area contributed by atoms with Gasteiger partial charge in [0.05, 0.1) is 13.1 Å². The molecule has 8 rings (SSSR count). The topological polar surface area (TPSA) is 177 Å². The van der Waals surface area contributed by atoms with Gasteiger partial charge in [-0.25, -0.2) is 24.4 Å². The molecular weight excluding hydrogens is 1010 g/mol. The van der Waals surface area contributed by atoms with Gasteiger partial charge in [0, 0.05) is 88.9 Å². The van der Waals surface area contributed by atoms with Crippen molar-refractivity contribution in [1.82, 2.24) is 48.9 Å². The first-order valence-electron chi connectivity index (χ1n) is 23.4. The number of amides is 5. The maximum Gasteiger partial charge on any atom is 0.434 e. The van der Waals surface area contributed by atoms with Crippen LogP contribution < -0.4 is 5.32 Å². The number of nitrogens with one attached hydrogen (secondary N) is 1. The van der Waals surface area contributed by atoms with Gasteiger partial charge in [-0.2, -0.15) is 52.7 Å². The zero-order chi connectivity index (χ0) is 53.7. The monoisotopic (exact) mass is 1070 g/mol. The third-order valence-electron chi connectivity index (χ3n) is 13.8. The molecule has 0 bridgehead atoms. The summed E-state index contributed by atoms with van der Waals surface area (Å²) < 4.78 is 170. The van der Waals surface area contributed by atoms with Crippen LogP contribution in [0.15, 0.2) is 12.4 Å². The summed E-state index contributed by atoms with van der Waals surface area (Å²) in [5, 5.41) is 3.17. The molecule has 0 saturated carbocycles. The standard InChI is InChI=1S/C24H31F6N5O5.C19H23F6N5O3/c1-21(2,3)40-20(38)34-12-11-33-13-15(31-16(33)14-34)17(36)35-8-4-5-22(35)6-9-32(10-7-22)19(37)39-18(23(25,26)27)24(28,29)30;20-18(21,22)15(19(23,24)25)33-16(32)28-7-3-17(4-8-28)2-1-6-30(17)14(31)12-11-29-9-5-26-10-13(29)27-12/h13,18H,4-12,14H2,1-3H3;11,15,26H,1-10H2. The number of carbonyl (C=O) groups is 5. The van der Waals surface area contributed by atoms with Crippen LogP contribution in [0, 0.1) is 0 Å². The maximum absolute atomic E-state index is 13.5. The largest absolute Gasteiger partial charge is 0.444 e. The zero-order valence-corrected chi connectivity index (χ0v) is 39.8. The Morgan fingerprint density at radius 3 is 1.34 bits per heavy atom. The summed E-state index contributed by atoms with van der Waals surface area (Å²) >= 11 is 0. The number of carbonyl (C=O) groups excluding carboxylic acids is 5. The fourth-order valence-electron chi connectivity index (χ4n) is 10.2. The average molecular weight is 1070 g/mol. The van der Waals surface area contributed by atoms with Crippen LogP contribution in [0.5, 0.6) is 0 Å². The van der Waals surface area contributed by atoms with E-state index >= 15 is 0 Å². The summed E-state index contributed by atoms with van der Waals surface area (Å²) in [6.45, 7) is 8.49. The number of likely N-dealkylation sites (tertiary alicyclic amines) is 4. The highest BCUT2D eigenvalue weighted by Crippen LogP contribution is 2.43. The molecular formula is C43H54F12N10O8. The average Bonchev–Trinajstić information content (AvgIpc) is 4.10. The number of rotatable bonds is 4. The summed E-state index contributed by atoms with van der Waals surface area (Å²) in [6.07, 6.45) is -28.8. The molecule has 2 aromatic heterocycles. The second-order valence-corrected chi connectivity index (χ2v) is 19.8. The van der Waals surface area contributed by atoms with Crippen LogP contribution in [-0.2, 0) is 40.4 Å². The minimum Gasteiger partial charge on any atom is -0.444 e. The molecule has 4 saturated heterocycles. The Labute approximate surface area is 409 Å². The van der Waals surface area contributed by atoms with Crippen LogP contribution in [0.2, 0.25) is 0 Å². The highest BCUT2D eigenvalue weighted by atomic mass is 19.4. The lowest BCUT2D eigenvalue weighted by Gasteiger charge is -2.44. The summed E-state index contributed by atoms with van der Waals surface area (Å²) in [7, 11) is 0. The second kappa shape index (κ2) is 20.2. The van der Waals surface area contributed by atoms with Crippen LogP contribution in [-0.4, -0.2) is 180 Å². The summed E-state index contributed by atoms with van der Waals surface area (Å²) in [6, 6.07) is 0. The highest BCUT2D eigenvalue weighted by Gasteiger charge is 2.62. The Kier molecular flexibility index (Phi) is 15.2. The first kappa shape index (κ1) is 55.0. The minimum atomic E-state index is -5.80. The third-order valence-corrected chi connectivity index (χ3v) is 13.8. The number of hydrogen-bond donors (Lipinski definition) is 1. The number of ether oxygens (including phenoxy) is 3. The van der Waals surface area contributed by atoms with Gasteiger partial charge in [0.25, 0.3) is 24.0 Å². The van der Waals surface area contributed by atoms with Crippen molar-refractivity contribution in [2.45, 2.75) is 152 Å². The molecule has 18 nitrogen and oxygen atoms in total. The van der Waals surface area contributed by atoms with Crippen molar-refractivity contribution in [2.75, 3.05) is 52.4 Å². The van der Waals surface area contributed by atoms with Gasteiger partial charge >= 0.3 is 43.0 Å². The Morgan fingerprint density at radius 1 is 0.534 bits per heavy atom. The van der Waals surface area contributed by atoms with Gasteiger partial charge in [0.1, 0.15) is 28.6 Å². The third kappa shape index (κ3) is 12.3. The molecule has 73 heavy (non-hydrogen) atoms. The van der Waals surface area contributed by atoms with Gasteiger partial charge in [-0.15, -0.1) is 0 Å². The van der Waals surface area contributed by atoms with Crippen LogP contribution in [0.4, 0.5) is 67.1 Å². The summed E-state index contributed by atoms with van der Waals surface area (Å²) in [5.74, 6) is 0.627. The van der Waals surface area contributed by atoms with Gasteiger partial charge in [-0.3, -0.25) is 14.5 Å². The second-order valence-electron chi connectivity index (χ2n) is 19.8. The van der Waals surface area contributed by atoms with Crippen molar-refractivity contribution in [3.63, 3.8) is 0 Å². The van der Waals surface area contributed by atoms with E-state index in [0.717, 1.165) is 22.2 Å². The SMILES string of the molecule is CC(C)(C)OC(=O)N1CCn2cc(C(=O)N3CCCC34CCN(C(=O)OC(C(F)(F)F)C(F)(F)F)CC4)nc2C1.O=C(OC(C(F)(F)F)C(F)(F)F)N1CCC2(CCCN2C(=O)c2cn3c(n2)CNCC3)CC1. The summed E-state index contributed by atoms with van der Waals surface area (Å²) in [4.78, 5) is 78.7.